The van der Waals surface area contributed by atoms with E-state index in [4.69, 9.17) is 9.57 Å². The molecule has 0 aromatic heterocycles. The van der Waals surface area contributed by atoms with Gasteiger partial charge in [0.15, 0.2) is 0 Å². The van der Waals surface area contributed by atoms with Gasteiger partial charge in [-0.15, -0.1) is 0 Å². The molecule has 0 unspecified atom stereocenters. The molecule has 0 amide bonds. The Morgan fingerprint density at radius 1 is 1.29 bits per heavy atom. The number of ether oxygens (including phenoxy) is 1. The van der Waals surface area contributed by atoms with Crippen molar-refractivity contribution in [2.75, 3.05) is 40.0 Å². The second kappa shape index (κ2) is 7.17. The van der Waals surface area contributed by atoms with Gasteiger partial charge in [0.1, 0.15) is 0 Å². The van der Waals surface area contributed by atoms with E-state index in [0.717, 1.165) is 6.54 Å². The van der Waals surface area contributed by atoms with Crippen LogP contribution in [0.5, 0.6) is 0 Å². The number of nitrogens with one attached hydrogen (secondary N) is 1. The Hall–Kier alpha value is -0.160. The van der Waals surface area contributed by atoms with Crippen molar-refractivity contribution in [2.24, 2.45) is 0 Å². The number of likely N-dealkylation sites (tertiary alicyclic amines) is 1. The Kier molecular flexibility index (Phi) is 6.10. The molecule has 14 heavy (non-hydrogen) atoms. The molecule has 1 N–H and O–H groups in total. The Balaban J connectivity index is 1.98. The fraction of sp³-hybridized carbons (Fsp3) is 1.00. The molecule has 1 heterocycles. The molecule has 1 aliphatic rings. The molecular weight excluding hydrogens is 180 g/mol. The Morgan fingerprint density at radius 2 is 2.00 bits per heavy atom. The molecule has 0 atom stereocenters. The minimum Gasteiger partial charge on any atom is -0.382 e. The molecule has 0 aliphatic carbocycles. The van der Waals surface area contributed by atoms with Crippen molar-refractivity contribution in [2.45, 2.75) is 25.8 Å². The summed E-state index contributed by atoms with van der Waals surface area (Å²) < 4.78 is 4.89. The van der Waals surface area contributed by atoms with Gasteiger partial charge in [-0.2, -0.15) is 5.48 Å². The number of rotatable bonds is 6. The lowest BCUT2D eigenvalue weighted by molar-refractivity contribution is -0.0231. The van der Waals surface area contributed by atoms with Crippen LogP contribution in [0.1, 0.15) is 19.8 Å². The zero-order valence-electron chi connectivity index (χ0n) is 9.29. The van der Waals surface area contributed by atoms with Crippen LogP contribution in [0.15, 0.2) is 0 Å². The van der Waals surface area contributed by atoms with Crippen LogP contribution in [0.3, 0.4) is 0 Å². The van der Waals surface area contributed by atoms with Gasteiger partial charge in [-0.3, -0.25) is 4.84 Å². The van der Waals surface area contributed by atoms with Crippen LogP contribution in [0, 0.1) is 0 Å². The average molecular weight is 202 g/mol. The van der Waals surface area contributed by atoms with Crippen molar-refractivity contribution in [1.82, 2.24) is 10.4 Å². The second-order valence-corrected chi connectivity index (χ2v) is 3.67. The minimum atomic E-state index is 0.523. The van der Waals surface area contributed by atoms with Gasteiger partial charge >= 0.3 is 0 Å². The predicted octanol–water partition coefficient (Wildman–Crippen LogP) is 0.638. The van der Waals surface area contributed by atoms with E-state index in [1.807, 2.05) is 0 Å². The highest BCUT2D eigenvalue weighted by atomic mass is 16.7. The first-order valence-electron chi connectivity index (χ1n) is 5.45. The highest BCUT2D eigenvalue weighted by Crippen LogP contribution is 2.09. The molecule has 1 saturated heterocycles. The quantitative estimate of drug-likeness (QED) is 0.506. The van der Waals surface area contributed by atoms with E-state index in [0.29, 0.717) is 19.3 Å². The molecular formula is C10H22N2O2. The number of hydrogen-bond donors (Lipinski definition) is 1. The lowest BCUT2D eigenvalue weighted by Crippen LogP contribution is -2.42. The van der Waals surface area contributed by atoms with Crippen LogP contribution >= 0.6 is 0 Å². The van der Waals surface area contributed by atoms with Crippen LogP contribution in [0.25, 0.3) is 0 Å². The molecule has 4 nitrogen and oxygen atoms in total. The summed E-state index contributed by atoms with van der Waals surface area (Å²) in [6.45, 7) is 7.02. The van der Waals surface area contributed by atoms with E-state index in [1.54, 1.807) is 7.11 Å². The highest BCUT2D eigenvalue weighted by Gasteiger charge is 2.17. The van der Waals surface area contributed by atoms with Crippen molar-refractivity contribution in [1.29, 1.82) is 0 Å². The van der Waals surface area contributed by atoms with Crippen LogP contribution in [0.4, 0.5) is 0 Å². The topological polar surface area (TPSA) is 33.7 Å². The van der Waals surface area contributed by atoms with Crippen molar-refractivity contribution < 1.29 is 9.57 Å². The van der Waals surface area contributed by atoms with Crippen molar-refractivity contribution in [3.05, 3.63) is 0 Å². The van der Waals surface area contributed by atoms with Gasteiger partial charge in [0, 0.05) is 13.2 Å². The van der Waals surface area contributed by atoms with E-state index in [-0.39, 0.29) is 0 Å². The SMILES string of the molecule is CCN1CCC(NOCCOC)CC1. The summed E-state index contributed by atoms with van der Waals surface area (Å²) in [6, 6.07) is 0.523. The third-order valence-electron chi connectivity index (χ3n) is 2.67. The van der Waals surface area contributed by atoms with Crippen LogP contribution in [-0.4, -0.2) is 50.9 Å². The van der Waals surface area contributed by atoms with Gasteiger partial charge in [0.2, 0.25) is 0 Å². The van der Waals surface area contributed by atoms with Gasteiger partial charge in [-0.05, 0) is 32.5 Å². The van der Waals surface area contributed by atoms with E-state index in [2.05, 4.69) is 17.3 Å². The smallest absolute Gasteiger partial charge is 0.0915 e. The lowest BCUT2D eigenvalue weighted by Gasteiger charge is -2.31. The van der Waals surface area contributed by atoms with Gasteiger partial charge in [-0.1, -0.05) is 6.92 Å². The molecule has 0 aromatic rings. The van der Waals surface area contributed by atoms with Crippen molar-refractivity contribution in [3.8, 4) is 0 Å². The average Bonchev–Trinajstić information content (AvgIpc) is 2.25. The third-order valence-corrected chi connectivity index (χ3v) is 2.67. The number of nitrogens with zero attached hydrogens (tertiary/aromatic N) is 1. The summed E-state index contributed by atoms with van der Waals surface area (Å²) in [7, 11) is 1.68. The molecule has 1 fully saturated rings. The standard InChI is InChI=1S/C10H22N2O2/c1-3-12-6-4-10(5-7-12)11-14-9-8-13-2/h10-11H,3-9H2,1-2H3. The fourth-order valence-electron chi connectivity index (χ4n) is 1.67. The maximum atomic E-state index is 5.29. The molecule has 0 bridgehead atoms. The van der Waals surface area contributed by atoms with Crippen LogP contribution in [-0.2, 0) is 9.57 Å². The zero-order chi connectivity index (χ0) is 10.2. The van der Waals surface area contributed by atoms with Gasteiger partial charge in [-0.25, -0.2) is 0 Å². The molecule has 0 radical (unpaired) electrons. The second-order valence-electron chi connectivity index (χ2n) is 3.67. The highest BCUT2D eigenvalue weighted by molar-refractivity contribution is 4.73. The number of methoxy groups -OCH3 is 1. The summed E-state index contributed by atoms with van der Waals surface area (Å²) in [4.78, 5) is 7.75. The van der Waals surface area contributed by atoms with Gasteiger partial charge in [0.25, 0.3) is 0 Å². The third kappa shape index (κ3) is 4.37. The first-order chi connectivity index (χ1) is 6.86. The molecule has 0 saturated carbocycles. The molecule has 0 spiro atoms. The minimum absolute atomic E-state index is 0.523. The summed E-state index contributed by atoms with van der Waals surface area (Å²) >= 11 is 0. The van der Waals surface area contributed by atoms with Crippen LogP contribution in [0.2, 0.25) is 0 Å². The Bertz CT molecular complexity index is 136. The summed E-state index contributed by atoms with van der Waals surface area (Å²) in [5, 5.41) is 0. The first-order valence-corrected chi connectivity index (χ1v) is 5.45. The van der Waals surface area contributed by atoms with Crippen LogP contribution < -0.4 is 5.48 Å². The van der Waals surface area contributed by atoms with E-state index in [9.17, 15) is 0 Å². The molecule has 1 aliphatic heterocycles. The molecule has 0 aromatic carbocycles. The maximum Gasteiger partial charge on any atom is 0.0915 e. The number of hydroxylamine groups is 1. The molecule has 4 heteroatoms. The monoisotopic (exact) mass is 202 g/mol. The number of hydrogen-bond acceptors (Lipinski definition) is 4. The lowest BCUT2D eigenvalue weighted by atomic mass is 10.1. The van der Waals surface area contributed by atoms with Gasteiger partial charge in [0.05, 0.1) is 13.2 Å². The van der Waals surface area contributed by atoms with Crippen molar-refractivity contribution >= 4 is 0 Å². The van der Waals surface area contributed by atoms with E-state index in [1.165, 1.54) is 25.9 Å². The molecule has 1 rings (SSSR count). The zero-order valence-corrected chi connectivity index (χ0v) is 9.29. The number of piperidine rings is 1. The van der Waals surface area contributed by atoms with E-state index >= 15 is 0 Å². The fourth-order valence-corrected chi connectivity index (χ4v) is 1.67. The molecule has 84 valence electrons. The Labute approximate surface area is 86.5 Å². The summed E-state index contributed by atoms with van der Waals surface area (Å²) in [5.74, 6) is 0. The predicted molar refractivity (Wildman–Crippen MR) is 56.1 cm³/mol. The first kappa shape index (κ1) is 11.9. The van der Waals surface area contributed by atoms with Gasteiger partial charge < -0.3 is 9.64 Å². The largest absolute Gasteiger partial charge is 0.382 e. The Morgan fingerprint density at radius 3 is 2.57 bits per heavy atom. The normalized spacial score (nSPS) is 20.1. The summed E-state index contributed by atoms with van der Waals surface area (Å²) in [6.07, 6.45) is 2.36. The summed E-state index contributed by atoms with van der Waals surface area (Å²) in [5.41, 5.74) is 3.09. The van der Waals surface area contributed by atoms with Crippen molar-refractivity contribution in [3.63, 3.8) is 0 Å². The maximum absolute atomic E-state index is 5.29. The van der Waals surface area contributed by atoms with E-state index < -0.39 is 0 Å².